The smallest absolute Gasteiger partial charge is 0.0619 e. The molecule has 0 N–H and O–H groups in total. The van der Waals surface area contributed by atoms with E-state index in [0.717, 1.165) is 5.25 Å². The maximum Gasteiger partial charge on any atom is 0.155 e. The van der Waals surface area contributed by atoms with Crippen LogP contribution in [0.3, 0.4) is 0 Å². The van der Waals surface area contributed by atoms with Gasteiger partial charge >= 0.3 is 0 Å². The maximum atomic E-state index is 2.39. The van der Waals surface area contributed by atoms with Gasteiger partial charge in [0.1, 0.15) is 11.0 Å². The molecule has 0 amide bonds. The topological polar surface area (TPSA) is 0 Å². The monoisotopic (exact) mass is 179 g/mol. The van der Waals surface area contributed by atoms with Crippen molar-refractivity contribution < 1.29 is 0 Å². The molecule has 1 aliphatic heterocycles. The molecule has 1 aromatic rings. The van der Waals surface area contributed by atoms with Crippen molar-refractivity contribution in [3.8, 4) is 0 Å². The molecule has 2 atom stereocenters. The van der Waals surface area contributed by atoms with Crippen molar-refractivity contribution in [3.05, 3.63) is 30.3 Å². The van der Waals surface area contributed by atoms with E-state index in [1.807, 2.05) is 0 Å². The minimum absolute atomic E-state index is 0.565. The SMILES string of the molecule is CC1CCC[S+]1c1ccccc1. The Hall–Kier alpha value is -0.430. The van der Waals surface area contributed by atoms with Gasteiger partial charge in [-0.1, -0.05) is 18.2 Å². The predicted molar refractivity (Wildman–Crippen MR) is 55.6 cm³/mol. The molecule has 0 aliphatic carbocycles. The van der Waals surface area contributed by atoms with E-state index in [0.29, 0.717) is 10.9 Å². The third kappa shape index (κ3) is 1.51. The molecule has 0 aromatic heterocycles. The van der Waals surface area contributed by atoms with Crippen LogP contribution in [0.5, 0.6) is 0 Å². The molecule has 0 saturated carbocycles. The van der Waals surface area contributed by atoms with Gasteiger partial charge in [-0.3, -0.25) is 0 Å². The van der Waals surface area contributed by atoms with Crippen molar-refractivity contribution in [1.82, 2.24) is 0 Å². The Labute approximate surface area is 77.3 Å². The quantitative estimate of drug-likeness (QED) is 0.582. The van der Waals surface area contributed by atoms with Crippen LogP contribution in [0, 0.1) is 0 Å². The number of benzene rings is 1. The van der Waals surface area contributed by atoms with E-state index in [1.165, 1.54) is 18.6 Å². The summed E-state index contributed by atoms with van der Waals surface area (Å²) in [6.45, 7) is 2.39. The van der Waals surface area contributed by atoms with E-state index in [9.17, 15) is 0 Å². The highest BCUT2D eigenvalue weighted by Crippen LogP contribution is 2.28. The van der Waals surface area contributed by atoms with Gasteiger partial charge in [-0.15, -0.1) is 0 Å². The summed E-state index contributed by atoms with van der Waals surface area (Å²) < 4.78 is 0. The summed E-state index contributed by atoms with van der Waals surface area (Å²) in [7, 11) is 0.565. The van der Waals surface area contributed by atoms with Crippen molar-refractivity contribution in [2.75, 3.05) is 5.75 Å². The van der Waals surface area contributed by atoms with Gasteiger partial charge in [0.2, 0.25) is 0 Å². The van der Waals surface area contributed by atoms with E-state index < -0.39 is 0 Å². The molecule has 64 valence electrons. The fraction of sp³-hybridized carbons (Fsp3) is 0.455. The van der Waals surface area contributed by atoms with Crippen molar-refractivity contribution in [2.45, 2.75) is 29.9 Å². The van der Waals surface area contributed by atoms with E-state index in [-0.39, 0.29) is 0 Å². The fourth-order valence-electron chi connectivity index (χ4n) is 1.82. The lowest BCUT2D eigenvalue weighted by atomic mass is 10.3. The molecule has 0 nitrogen and oxygen atoms in total. The van der Waals surface area contributed by atoms with Crippen LogP contribution in [0.1, 0.15) is 19.8 Å². The Bertz CT molecular complexity index is 242. The Balaban J connectivity index is 2.19. The first-order chi connectivity index (χ1) is 5.88. The Kier molecular flexibility index (Phi) is 2.40. The molecule has 1 saturated heterocycles. The summed E-state index contributed by atoms with van der Waals surface area (Å²) in [5.41, 5.74) is 0. The highest BCUT2D eigenvalue weighted by atomic mass is 32.2. The Morgan fingerprint density at radius 1 is 1.25 bits per heavy atom. The molecule has 2 rings (SSSR count). The zero-order valence-electron chi connectivity index (χ0n) is 7.49. The van der Waals surface area contributed by atoms with Crippen molar-refractivity contribution in [3.63, 3.8) is 0 Å². The zero-order chi connectivity index (χ0) is 8.39. The van der Waals surface area contributed by atoms with Gasteiger partial charge in [0.15, 0.2) is 4.90 Å². The van der Waals surface area contributed by atoms with Gasteiger partial charge < -0.3 is 0 Å². The average Bonchev–Trinajstić information content (AvgIpc) is 2.53. The number of rotatable bonds is 1. The molecule has 0 bridgehead atoms. The Morgan fingerprint density at radius 2 is 2.00 bits per heavy atom. The summed E-state index contributed by atoms with van der Waals surface area (Å²) in [5, 5.41) is 0.924. The molecule has 12 heavy (non-hydrogen) atoms. The molecule has 1 aliphatic rings. The van der Waals surface area contributed by atoms with Crippen molar-refractivity contribution in [2.24, 2.45) is 0 Å². The number of hydrogen-bond donors (Lipinski definition) is 0. The normalized spacial score (nSPS) is 29.1. The van der Waals surface area contributed by atoms with Crippen molar-refractivity contribution >= 4 is 10.9 Å². The largest absolute Gasteiger partial charge is 0.155 e. The first-order valence-electron chi connectivity index (χ1n) is 4.62. The second kappa shape index (κ2) is 3.53. The van der Waals surface area contributed by atoms with Gasteiger partial charge in [-0.05, 0) is 31.9 Å². The molecule has 1 aromatic carbocycles. The molecule has 2 unspecified atom stereocenters. The van der Waals surface area contributed by atoms with Gasteiger partial charge in [0.05, 0.1) is 0 Å². The Morgan fingerprint density at radius 3 is 2.58 bits per heavy atom. The second-order valence-corrected chi connectivity index (χ2v) is 5.94. The van der Waals surface area contributed by atoms with E-state index in [1.54, 1.807) is 4.90 Å². The predicted octanol–water partition coefficient (Wildman–Crippen LogP) is 2.85. The minimum atomic E-state index is 0.565. The lowest BCUT2D eigenvalue weighted by molar-refractivity contribution is 0.836. The van der Waals surface area contributed by atoms with Crippen LogP contribution in [-0.2, 0) is 10.9 Å². The average molecular weight is 179 g/mol. The zero-order valence-corrected chi connectivity index (χ0v) is 8.31. The van der Waals surface area contributed by atoms with Crippen LogP contribution in [0.2, 0.25) is 0 Å². The van der Waals surface area contributed by atoms with Gasteiger partial charge in [0, 0.05) is 10.9 Å². The summed E-state index contributed by atoms with van der Waals surface area (Å²) in [6, 6.07) is 11.0. The van der Waals surface area contributed by atoms with Crippen LogP contribution < -0.4 is 0 Å². The first kappa shape index (κ1) is 8.18. The molecule has 1 heterocycles. The summed E-state index contributed by atoms with van der Waals surface area (Å²) >= 11 is 0. The first-order valence-corrected chi connectivity index (χ1v) is 6.08. The summed E-state index contributed by atoms with van der Waals surface area (Å²) in [4.78, 5) is 1.57. The third-order valence-electron chi connectivity index (χ3n) is 2.51. The maximum absolute atomic E-state index is 2.39. The van der Waals surface area contributed by atoms with Crippen LogP contribution in [-0.4, -0.2) is 11.0 Å². The fourth-order valence-corrected chi connectivity index (χ4v) is 4.35. The molecular weight excluding hydrogens is 164 g/mol. The molecule has 1 fully saturated rings. The number of hydrogen-bond acceptors (Lipinski definition) is 0. The standard InChI is InChI=1S/C11H15S/c1-10-6-5-9-12(10)11-7-3-2-4-8-11/h2-4,7-8,10H,5-6,9H2,1H3/q+1. The molecule has 0 radical (unpaired) electrons. The van der Waals surface area contributed by atoms with Gasteiger partial charge in [-0.2, -0.15) is 0 Å². The minimum Gasteiger partial charge on any atom is -0.0619 e. The third-order valence-corrected chi connectivity index (χ3v) is 5.32. The molecular formula is C11H15S+. The van der Waals surface area contributed by atoms with Crippen LogP contribution in [0.4, 0.5) is 0 Å². The van der Waals surface area contributed by atoms with Crippen molar-refractivity contribution in [1.29, 1.82) is 0 Å². The lowest BCUT2D eigenvalue weighted by Crippen LogP contribution is -2.12. The van der Waals surface area contributed by atoms with Crippen LogP contribution in [0.15, 0.2) is 35.2 Å². The highest BCUT2D eigenvalue weighted by molar-refractivity contribution is 7.97. The van der Waals surface area contributed by atoms with E-state index in [4.69, 9.17) is 0 Å². The lowest BCUT2D eigenvalue weighted by Gasteiger charge is -2.04. The second-order valence-electron chi connectivity index (χ2n) is 3.40. The van der Waals surface area contributed by atoms with Gasteiger partial charge in [0.25, 0.3) is 0 Å². The van der Waals surface area contributed by atoms with Gasteiger partial charge in [-0.25, -0.2) is 0 Å². The van der Waals surface area contributed by atoms with Crippen LogP contribution in [0.25, 0.3) is 0 Å². The van der Waals surface area contributed by atoms with E-state index >= 15 is 0 Å². The molecule has 0 spiro atoms. The summed E-state index contributed by atoms with van der Waals surface area (Å²) in [6.07, 6.45) is 2.86. The highest BCUT2D eigenvalue weighted by Gasteiger charge is 2.34. The summed E-state index contributed by atoms with van der Waals surface area (Å²) in [5.74, 6) is 1.42. The van der Waals surface area contributed by atoms with Crippen LogP contribution >= 0.6 is 0 Å². The van der Waals surface area contributed by atoms with E-state index in [2.05, 4.69) is 37.3 Å². The molecule has 1 heteroatoms.